The number of carbonyl (C=O) groups is 3. The molecule has 1 atom stereocenters. The van der Waals surface area contributed by atoms with E-state index >= 15 is 0 Å². The van der Waals surface area contributed by atoms with Crippen LogP contribution < -0.4 is 0 Å². The monoisotopic (exact) mass is 919 g/mol. The molecule has 0 bridgehead atoms. The summed E-state index contributed by atoms with van der Waals surface area (Å²) in [6.45, 7) is 6.41. The van der Waals surface area contributed by atoms with Gasteiger partial charge >= 0.3 is 17.9 Å². The molecule has 0 heterocycles. The van der Waals surface area contributed by atoms with E-state index in [9.17, 15) is 14.4 Å². The normalized spacial score (nSPS) is 12.7. The fraction of sp³-hybridized carbons (Fsp3) is 0.717. The average molecular weight is 919 g/mol. The first-order valence-electron chi connectivity index (χ1n) is 27.6. The zero-order valence-electron chi connectivity index (χ0n) is 43.2. The highest BCUT2D eigenvalue weighted by atomic mass is 16.6. The van der Waals surface area contributed by atoms with Crippen LogP contribution in [0.25, 0.3) is 0 Å². The summed E-state index contributed by atoms with van der Waals surface area (Å²) >= 11 is 0. The van der Waals surface area contributed by atoms with Crippen molar-refractivity contribution >= 4 is 17.9 Å². The largest absolute Gasteiger partial charge is 0.462 e. The quantitative estimate of drug-likeness (QED) is 0.0262. The Morgan fingerprint density at radius 3 is 1.03 bits per heavy atom. The van der Waals surface area contributed by atoms with Crippen molar-refractivity contribution in [2.45, 2.75) is 264 Å². The van der Waals surface area contributed by atoms with E-state index in [4.69, 9.17) is 14.2 Å². The zero-order chi connectivity index (χ0) is 47.9. The van der Waals surface area contributed by atoms with Gasteiger partial charge in [-0.15, -0.1) is 0 Å². The molecular weight excluding hydrogens is 817 g/mol. The Balaban J connectivity index is 4.45. The van der Waals surface area contributed by atoms with Crippen LogP contribution in [0.5, 0.6) is 0 Å². The number of hydrogen-bond acceptors (Lipinski definition) is 6. The van der Waals surface area contributed by atoms with Crippen molar-refractivity contribution in [3.8, 4) is 0 Å². The number of esters is 3. The third-order valence-corrected chi connectivity index (χ3v) is 11.6. The van der Waals surface area contributed by atoms with E-state index < -0.39 is 6.10 Å². The number of rotatable bonds is 49. The predicted molar refractivity (Wildman–Crippen MR) is 284 cm³/mol. The summed E-state index contributed by atoms with van der Waals surface area (Å²) in [4.78, 5) is 38.1. The predicted octanol–water partition coefficient (Wildman–Crippen LogP) is 18.4. The molecule has 0 fully saturated rings. The van der Waals surface area contributed by atoms with Gasteiger partial charge in [0.1, 0.15) is 13.2 Å². The Bertz CT molecular complexity index is 1290. The lowest BCUT2D eigenvalue weighted by atomic mass is 10.0. The summed E-state index contributed by atoms with van der Waals surface area (Å²) in [6, 6.07) is 0. The highest BCUT2D eigenvalue weighted by Crippen LogP contribution is 2.16. The fourth-order valence-corrected chi connectivity index (χ4v) is 7.52. The number of hydrogen-bond donors (Lipinski definition) is 0. The van der Waals surface area contributed by atoms with Gasteiger partial charge < -0.3 is 14.2 Å². The molecule has 66 heavy (non-hydrogen) atoms. The van der Waals surface area contributed by atoms with Crippen LogP contribution in [0.1, 0.15) is 258 Å². The molecule has 0 aliphatic carbocycles. The van der Waals surface area contributed by atoms with Crippen LogP contribution in [0.4, 0.5) is 0 Å². The van der Waals surface area contributed by atoms with Crippen molar-refractivity contribution in [1.82, 2.24) is 0 Å². The fourth-order valence-electron chi connectivity index (χ4n) is 7.52. The first-order chi connectivity index (χ1) is 32.5. The lowest BCUT2D eigenvalue weighted by molar-refractivity contribution is -0.167. The van der Waals surface area contributed by atoms with Gasteiger partial charge in [-0.05, 0) is 83.5 Å². The van der Waals surface area contributed by atoms with Crippen LogP contribution in [0, 0.1) is 0 Å². The van der Waals surface area contributed by atoms with Crippen LogP contribution >= 0.6 is 0 Å². The van der Waals surface area contributed by atoms with E-state index in [0.717, 1.165) is 109 Å². The van der Waals surface area contributed by atoms with Crippen molar-refractivity contribution in [2.75, 3.05) is 13.2 Å². The van der Waals surface area contributed by atoms with E-state index in [0.29, 0.717) is 19.3 Å². The van der Waals surface area contributed by atoms with Crippen molar-refractivity contribution in [2.24, 2.45) is 0 Å². The van der Waals surface area contributed by atoms with E-state index in [1.54, 1.807) is 0 Å². The summed E-state index contributed by atoms with van der Waals surface area (Å²) in [6.07, 6.45) is 70.1. The summed E-state index contributed by atoms with van der Waals surface area (Å²) < 4.78 is 16.8. The first-order valence-corrected chi connectivity index (χ1v) is 27.6. The average Bonchev–Trinajstić information content (AvgIpc) is 3.31. The van der Waals surface area contributed by atoms with Crippen molar-refractivity contribution < 1.29 is 28.6 Å². The molecule has 0 aliphatic heterocycles. The first kappa shape index (κ1) is 62.6. The minimum atomic E-state index is -0.811. The minimum absolute atomic E-state index is 0.102. The topological polar surface area (TPSA) is 78.9 Å². The van der Waals surface area contributed by atoms with E-state index in [1.165, 1.54) is 103 Å². The molecule has 0 aromatic rings. The number of allylic oxidation sites excluding steroid dienone is 14. The summed E-state index contributed by atoms with van der Waals surface area (Å²) in [5.74, 6) is -0.971. The molecule has 0 radical (unpaired) electrons. The van der Waals surface area contributed by atoms with Crippen LogP contribution in [0.15, 0.2) is 85.1 Å². The van der Waals surface area contributed by atoms with Gasteiger partial charge in [-0.2, -0.15) is 0 Å². The van der Waals surface area contributed by atoms with E-state index in [1.807, 2.05) is 0 Å². The lowest BCUT2D eigenvalue weighted by Crippen LogP contribution is -2.30. The van der Waals surface area contributed by atoms with E-state index in [2.05, 4.69) is 106 Å². The smallest absolute Gasteiger partial charge is 0.306 e. The lowest BCUT2D eigenvalue weighted by Gasteiger charge is -2.18. The van der Waals surface area contributed by atoms with Gasteiger partial charge in [-0.1, -0.05) is 241 Å². The van der Waals surface area contributed by atoms with Gasteiger partial charge in [0.2, 0.25) is 0 Å². The Hall–Kier alpha value is -3.41. The van der Waals surface area contributed by atoms with Crippen LogP contribution in [-0.4, -0.2) is 37.2 Å². The summed E-state index contributed by atoms with van der Waals surface area (Å²) in [5.41, 5.74) is 0. The third kappa shape index (κ3) is 51.6. The number of ether oxygens (including phenoxy) is 3. The molecule has 0 aromatic heterocycles. The number of unbranched alkanes of at least 4 members (excludes halogenated alkanes) is 24. The molecule has 0 N–H and O–H groups in total. The maximum absolute atomic E-state index is 12.8. The summed E-state index contributed by atoms with van der Waals surface area (Å²) in [7, 11) is 0. The molecule has 0 aliphatic rings. The molecule has 0 saturated heterocycles. The Kier molecular flexibility index (Phi) is 51.4. The molecule has 6 nitrogen and oxygen atoms in total. The van der Waals surface area contributed by atoms with Gasteiger partial charge in [0.15, 0.2) is 6.10 Å². The second-order valence-electron chi connectivity index (χ2n) is 18.1. The molecule has 0 amide bonds. The van der Waals surface area contributed by atoms with E-state index in [-0.39, 0.29) is 37.5 Å². The summed E-state index contributed by atoms with van der Waals surface area (Å²) in [5, 5.41) is 0. The molecule has 378 valence electrons. The SMILES string of the molecule is CC/C=C\C/C=C\C/C=C\C/C=C\C/C=C\CCCC(=O)OC(COC(=O)CCCCCCC/C=C\C/C=C\CCC)COC(=O)CCCCCCCCCCCCCCCCCCCC. The highest BCUT2D eigenvalue weighted by Gasteiger charge is 2.19. The molecule has 6 heteroatoms. The Morgan fingerprint density at radius 2 is 0.636 bits per heavy atom. The van der Waals surface area contributed by atoms with Crippen molar-refractivity contribution in [1.29, 1.82) is 0 Å². The van der Waals surface area contributed by atoms with Gasteiger partial charge in [0, 0.05) is 19.3 Å². The standard InChI is InChI=1S/C60H102O6/c1-4-7-10-13-16-19-22-25-27-29-31-32-35-38-41-44-47-50-53-59(62)65-56-57(55-64-58(61)52-49-46-43-40-37-34-24-21-18-15-12-9-6-3)66-60(63)54-51-48-45-42-39-36-33-30-28-26-23-20-17-14-11-8-5-2/h8,11-12,15,17,20-21,24,26,28,33,36,42,45,57H,4-7,9-10,13-14,16,18-19,22-23,25,27,29-32,34-35,37-41,43-44,46-56H2,1-3H3/b11-8-,15-12-,20-17-,24-21-,28-26-,36-33-,45-42-. The molecule has 0 spiro atoms. The highest BCUT2D eigenvalue weighted by molar-refractivity contribution is 5.71. The molecule has 1 unspecified atom stereocenters. The minimum Gasteiger partial charge on any atom is -0.462 e. The molecule has 0 aromatic carbocycles. The van der Waals surface area contributed by atoms with Crippen molar-refractivity contribution in [3.05, 3.63) is 85.1 Å². The van der Waals surface area contributed by atoms with Gasteiger partial charge in [-0.25, -0.2) is 0 Å². The third-order valence-electron chi connectivity index (χ3n) is 11.6. The zero-order valence-corrected chi connectivity index (χ0v) is 43.2. The number of carbonyl (C=O) groups excluding carboxylic acids is 3. The molecular formula is C60H102O6. The van der Waals surface area contributed by atoms with Gasteiger partial charge in [0.05, 0.1) is 0 Å². The Labute approximate surface area is 407 Å². The maximum atomic E-state index is 12.8. The maximum Gasteiger partial charge on any atom is 0.306 e. The van der Waals surface area contributed by atoms with Crippen molar-refractivity contribution in [3.63, 3.8) is 0 Å². The molecule has 0 saturated carbocycles. The molecule has 0 rings (SSSR count). The second-order valence-corrected chi connectivity index (χ2v) is 18.1. The van der Waals surface area contributed by atoms with Crippen LogP contribution in [0.3, 0.4) is 0 Å². The van der Waals surface area contributed by atoms with Crippen LogP contribution in [0.2, 0.25) is 0 Å². The van der Waals surface area contributed by atoms with Gasteiger partial charge in [0.25, 0.3) is 0 Å². The Morgan fingerprint density at radius 1 is 0.318 bits per heavy atom. The van der Waals surface area contributed by atoms with Crippen LogP contribution in [-0.2, 0) is 28.6 Å². The van der Waals surface area contributed by atoms with Gasteiger partial charge in [-0.3, -0.25) is 14.4 Å². The second kappa shape index (κ2) is 54.2.